The molecule has 0 N–H and O–H groups in total. The van der Waals surface area contributed by atoms with E-state index >= 15 is 0 Å². The molecular formula is C17H24. The first-order chi connectivity index (χ1) is 8.27. The molecule has 5 fully saturated rings. The maximum absolute atomic E-state index is 2.70. The maximum atomic E-state index is 2.70. The highest BCUT2D eigenvalue weighted by atomic mass is 14.7. The van der Waals surface area contributed by atoms with Crippen molar-refractivity contribution in [1.82, 2.24) is 0 Å². The highest BCUT2D eigenvalue weighted by Gasteiger charge is 2.61. The monoisotopic (exact) mass is 228 g/mol. The minimum Gasteiger partial charge on any atom is -0.0848 e. The minimum atomic E-state index is 0.688. The summed E-state index contributed by atoms with van der Waals surface area (Å²) in [4.78, 5) is 0. The molecule has 6 bridgehead atoms. The van der Waals surface area contributed by atoms with Gasteiger partial charge in [-0.25, -0.2) is 0 Å². The highest BCUT2D eigenvalue weighted by molar-refractivity contribution is 5.24. The lowest BCUT2D eigenvalue weighted by molar-refractivity contribution is -0.111. The molecule has 92 valence electrons. The summed E-state index contributed by atoms with van der Waals surface area (Å²) in [6.45, 7) is 0. The average Bonchev–Trinajstić information content (AvgIpc) is 2.88. The fourth-order valence-electron chi connectivity index (χ4n) is 7.13. The number of rotatable bonds is 1. The van der Waals surface area contributed by atoms with Gasteiger partial charge in [-0.05, 0) is 92.3 Å². The Hall–Kier alpha value is -0.260. The van der Waals surface area contributed by atoms with Crippen LogP contribution in [-0.2, 0) is 0 Å². The molecule has 5 saturated carbocycles. The first-order valence-corrected chi connectivity index (χ1v) is 7.96. The van der Waals surface area contributed by atoms with Crippen LogP contribution in [0.5, 0.6) is 0 Å². The number of fused-ring (bicyclic) bond motifs is 2. The van der Waals surface area contributed by atoms with Gasteiger partial charge in [0.2, 0.25) is 0 Å². The summed E-state index contributed by atoms with van der Waals surface area (Å²) in [5.41, 5.74) is 1.47. The van der Waals surface area contributed by atoms with Crippen LogP contribution in [0.3, 0.4) is 0 Å². The van der Waals surface area contributed by atoms with Crippen LogP contribution in [0.25, 0.3) is 0 Å². The van der Waals surface area contributed by atoms with Crippen molar-refractivity contribution in [2.45, 2.75) is 57.8 Å². The van der Waals surface area contributed by atoms with E-state index in [1.807, 2.05) is 0 Å². The predicted molar refractivity (Wildman–Crippen MR) is 69.5 cm³/mol. The number of allylic oxidation sites excluding steroid dienone is 2. The van der Waals surface area contributed by atoms with Gasteiger partial charge in [0.15, 0.2) is 0 Å². The molecule has 0 heterocycles. The summed E-state index contributed by atoms with van der Waals surface area (Å²) in [5.74, 6) is 4.36. The Balaban J connectivity index is 1.60. The van der Waals surface area contributed by atoms with Crippen molar-refractivity contribution in [3.63, 3.8) is 0 Å². The van der Waals surface area contributed by atoms with Gasteiger partial charge in [-0.1, -0.05) is 12.2 Å². The Morgan fingerprint density at radius 3 is 1.88 bits per heavy atom. The molecule has 0 radical (unpaired) electrons. The van der Waals surface area contributed by atoms with E-state index in [1.54, 1.807) is 51.4 Å². The van der Waals surface area contributed by atoms with Gasteiger partial charge in [0.05, 0.1) is 0 Å². The number of hydrogen-bond donors (Lipinski definition) is 0. The van der Waals surface area contributed by atoms with Crippen LogP contribution in [0.15, 0.2) is 12.2 Å². The lowest BCUT2D eigenvalue weighted by Crippen LogP contribution is -2.53. The topological polar surface area (TPSA) is 0 Å². The molecule has 6 rings (SSSR count). The SMILES string of the molecule is C1=CC2(C34CC5CC(CC(C5)C3)C4)CCC1C2. The second kappa shape index (κ2) is 2.83. The van der Waals surface area contributed by atoms with Crippen LogP contribution in [0.2, 0.25) is 0 Å². The predicted octanol–water partition coefficient (Wildman–Crippen LogP) is 4.56. The standard InChI is InChI=1S/C17H24/c1-3-16(4-2-12(1)8-16)17-9-13-5-14(10-17)7-15(6-13)11-17/h1,3,12-15H,2,4-11H2. The van der Waals surface area contributed by atoms with E-state index in [0.717, 1.165) is 29.1 Å². The van der Waals surface area contributed by atoms with Gasteiger partial charge in [-0.15, -0.1) is 0 Å². The van der Waals surface area contributed by atoms with Gasteiger partial charge in [-0.2, -0.15) is 0 Å². The van der Waals surface area contributed by atoms with E-state index in [9.17, 15) is 0 Å². The Labute approximate surface area is 105 Å². The van der Waals surface area contributed by atoms with E-state index in [-0.39, 0.29) is 0 Å². The molecule has 0 spiro atoms. The van der Waals surface area contributed by atoms with Crippen LogP contribution in [0.4, 0.5) is 0 Å². The lowest BCUT2D eigenvalue weighted by atomic mass is 9.42. The van der Waals surface area contributed by atoms with Crippen LogP contribution in [-0.4, -0.2) is 0 Å². The third-order valence-electron chi connectivity index (χ3n) is 7.37. The summed E-state index contributed by atoms with van der Waals surface area (Å²) in [6.07, 6.45) is 19.5. The summed E-state index contributed by atoms with van der Waals surface area (Å²) < 4.78 is 0. The van der Waals surface area contributed by atoms with Crippen LogP contribution in [0, 0.1) is 34.5 Å². The third kappa shape index (κ3) is 1.07. The normalized spacial score (nSPS) is 62.6. The van der Waals surface area contributed by atoms with Crippen molar-refractivity contribution in [2.75, 3.05) is 0 Å². The minimum absolute atomic E-state index is 0.688. The first-order valence-electron chi connectivity index (χ1n) is 7.96. The van der Waals surface area contributed by atoms with Gasteiger partial charge in [0.25, 0.3) is 0 Å². The zero-order valence-electron chi connectivity index (χ0n) is 10.8. The molecule has 17 heavy (non-hydrogen) atoms. The van der Waals surface area contributed by atoms with E-state index in [0.29, 0.717) is 5.41 Å². The van der Waals surface area contributed by atoms with Gasteiger partial charge < -0.3 is 0 Å². The Morgan fingerprint density at radius 2 is 1.47 bits per heavy atom. The van der Waals surface area contributed by atoms with Crippen molar-refractivity contribution in [3.05, 3.63) is 12.2 Å². The summed E-state index contributed by atoms with van der Waals surface area (Å²) in [5, 5.41) is 0. The molecule has 0 saturated heterocycles. The van der Waals surface area contributed by atoms with E-state index in [1.165, 1.54) is 6.42 Å². The van der Waals surface area contributed by atoms with Crippen LogP contribution in [0.1, 0.15) is 57.8 Å². The van der Waals surface area contributed by atoms with E-state index < -0.39 is 0 Å². The Bertz CT molecular complexity index is 356. The highest BCUT2D eigenvalue weighted by Crippen LogP contribution is 2.71. The number of hydrogen-bond acceptors (Lipinski definition) is 0. The van der Waals surface area contributed by atoms with Gasteiger partial charge in [0.1, 0.15) is 0 Å². The fourth-order valence-corrected chi connectivity index (χ4v) is 7.13. The van der Waals surface area contributed by atoms with E-state index in [4.69, 9.17) is 0 Å². The zero-order chi connectivity index (χ0) is 11.1. The van der Waals surface area contributed by atoms with Crippen LogP contribution >= 0.6 is 0 Å². The average molecular weight is 228 g/mol. The molecule has 0 aromatic rings. The third-order valence-corrected chi connectivity index (χ3v) is 7.37. The molecule has 6 aliphatic carbocycles. The van der Waals surface area contributed by atoms with Crippen molar-refractivity contribution >= 4 is 0 Å². The molecule has 0 aromatic carbocycles. The summed E-state index contributed by atoms with van der Waals surface area (Å²) >= 11 is 0. The van der Waals surface area contributed by atoms with Gasteiger partial charge >= 0.3 is 0 Å². The lowest BCUT2D eigenvalue weighted by Gasteiger charge is -2.62. The molecule has 0 aliphatic heterocycles. The second-order valence-corrected chi connectivity index (χ2v) is 8.22. The van der Waals surface area contributed by atoms with Crippen molar-refractivity contribution in [2.24, 2.45) is 34.5 Å². The molecule has 0 amide bonds. The molecule has 2 atom stereocenters. The molecular weight excluding hydrogens is 204 g/mol. The van der Waals surface area contributed by atoms with Crippen molar-refractivity contribution in [1.29, 1.82) is 0 Å². The first kappa shape index (κ1) is 9.64. The van der Waals surface area contributed by atoms with Gasteiger partial charge in [0, 0.05) is 0 Å². The largest absolute Gasteiger partial charge is 0.0848 e. The second-order valence-electron chi connectivity index (χ2n) is 8.22. The summed E-state index contributed by atoms with van der Waals surface area (Å²) in [7, 11) is 0. The van der Waals surface area contributed by atoms with E-state index in [2.05, 4.69) is 12.2 Å². The van der Waals surface area contributed by atoms with Crippen molar-refractivity contribution in [3.8, 4) is 0 Å². The zero-order valence-corrected chi connectivity index (χ0v) is 10.8. The maximum Gasteiger partial charge on any atom is -0.00556 e. The summed E-state index contributed by atoms with van der Waals surface area (Å²) in [6, 6.07) is 0. The molecule has 0 aromatic heterocycles. The molecule has 6 aliphatic rings. The van der Waals surface area contributed by atoms with Crippen LogP contribution < -0.4 is 0 Å². The smallest absolute Gasteiger partial charge is 0.00556 e. The Morgan fingerprint density at radius 1 is 0.824 bits per heavy atom. The molecule has 0 heteroatoms. The van der Waals surface area contributed by atoms with Crippen molar-refractivity contribution < 1.29 is 0 Å². The van der Waals surface area contributed by atoms with Gasteiger partial charge in [-0.3, -0.25) is 0 Å². The Kier molecular flexibility index (Phi) is 1.61. The molecule has 0 nitrogen and oxygen atoms in total. The quantitative estimate of drug-likeness (QED) is 0.577. The molecule has 2 unspecified atom stereocenters. The fraction of sp³-hybridized carbons (Fsp3) is 0.882.